The first kappa shape index (κ1) is 12.9. The van der Waals surface area contributed by atoms with Gasteiger partial charge in [0.2, 0.25) is 5.13 Å². The third-order valence-corrected chi connectivity index (χ3v) is 2.71. The molecule has 2 rings (SSSR count). The Morgan fingerprint density at radius 3 is 2.63 bits per heavy atom. The van der Waals surface area contributed by atoms with Gasteiger partial charge in [-0.05, 0) is 19.1 Å². The van der Waals surface area contributed by atoms with Gasteiger partial charge in [0.15, 0.2) is 0 Å². The predicted molar refractivity (Wildman–Crippen MR) is 68.5 cm³/mol. The van der Waals surface area contributed by atoms with Crippen molar-refractivity contribution in [1.82, 2.24) is 14.3 Å². The minimum Gasteiger partial charge on any atom is -0.477 e. The van der Waals surface area contributed by atoms with E-state index in [4.69, 9.17) is 5.11 Å². The van der Waals surface area contributed by atoms with E-state index in [0.29, 0.717) is 16.6 Å². The van der Waals surface area contributed by atoms with Crippen molar-refractivity contribution in [2.24, 2.45) is 0 Å². The lowest BCUT2D eigenvalue weighted by Gasteiger charge is -2.04. The molecular formula is C10H9N5O3S. The zero-order valence-electron chi connectivity index (χ0n) is 9.75. The van der Waals surface area contributed by atoms with Crippen molar-refractivity contribution < 1.29 is 14.7 Å². The lowest BCUT2D eigenvalue weighted by molar-refractivity contribution is 0.0690. The highest BCUT2D eigenvalue weighted by atomic mass is 32.1. The van der Waals surface area contributed by atoms with Crippen LogP contribution in [-0.4, -0.2) is 31.4 Å². The van der Waals surface area contributed by atoms with Crippen molar-refractivity contribution in [3.05, 3.63) is 29.8 Å². The van der Waals surface area contributed by atoms with Crippen LogP contribution >= 0.6 is 11.5 Å². The number of urea groups is 1. The summed E-state index contributed by atoms with van der Waals surface area (Å²) in [6, 6.07) is 2.25. The number of rotatable bonds is 3. The molecule has 3 N–H and O–H groups in total. The molecule has 0 radical (unpaired) electrons. The SMILES string of the molecule is Cc1nsc(NC(=O)Nc2ccc(C(=O)O)nc2)n1. The summed E-state index contributed by atoms with van der Waals surface area (Å²) in [6.45, 7) is 1.72. The first-order valence-electron chi connectivity index (χ1n) is 5.12. The summed E-state index contributed by atoms with van der Waals surface area (Å²) in [5.41, 5.74) is 0.287. The number of hydrogen-bond acceptors (Lipinski definition) is 6. The molecule has 0 saturated heterocycles. The van der Waals surface area contributed by atoms with Crippen molar-refractivity contribution in [3.8, 4) is 0 Å². The average molecular weight is 279 g/mol. The lowest BCUT2D eigenvalue weighted by atomic mass is 10.3. The number of aromatic nitrogens is 3. The molecule has 2 heterocycles. The van der Waals surface area contributed by atoms with Crippen molar-refractivity contribution in [3.63, 3.8) is 0 Å². The van der Waals surface area contributed by atoms with Crippen molar-refractivity contribution in [2.45, 2.75) is 6.92 Å². The minimum absolute atomic E-state index is 0.0919. The Kier molecular flexibility index (Phi) is 3.66. The molecule has 0 saturated carbocycles. The zero-order valence-corrected chi connectivity index (χ0v) is 10.6. The molecule has 2 aromatic heterocycles. The van der Waals surface area contributed by atoms with Gasteiger partial charge < -0.3 is 10.4 Å². The summed E-state index contributed by atoms with van der Waals surface area (Å²) >= 11 is 1.07. The molecular weight excluding hydrogens is 270 g/mol. The third kappa shape index (κ3) is 3.45. The van der Waals surface area contributed by atoms with Gasteiger partial charge >= 0.3 is 12.0 Å². The molecule has 0 bridgehead atoms. The second-order valence-electron chi connectivity index (χ2n) is 3.46. The molecule has 0 fully saturated rings. The second kappa shape index (κ2) is 5.40. The van der Waals surface area contributed by atoms with Gasteiger partial charge in [0.05, 0.1) is 11.9 Å². The zero-order chi connectivity index (χ0) is 13.8. The highest BCUT2D eigenvalue weighted by Gasteiger charge is 2.08. The number of carboxylic acid groups (broad SMARTS) is 1. The molecule has 9 heteroatoms. The highest BCUT2D eigenvalue weighted by Crippen LogP contribution is 2.11. The summed E-state index contributed by atoms with van der Waals surface area (Å²) in [4.78, 5) is 29.8. The number of amides is 2. The van der Waals surface area contributed by atoms with Crippen LogP contribution in [0.3, 0.4) is 0 Å². The number of aromatic carboxylic acids is 1. The van der Waals surface area contributed by atoms with Crippen molar-refractivity contribution in [1.29, 1.82) is 0 Å². The van der Waals surface area contributed by atoms with Crippen LogP contribution in [0.5, 0.6) is 0 Å². The topological polar surface area (TPSA) is 117 Å². The van der Waals surface area contributed by atoms with Crippen LogP contribution in [0.4, 0.5) is 15.6 Å². The quantitative estimate of drug-likeness (QED) is 0.785. The van der Waals surface area contributed by atoms with E-state index in [1.54, 1.807) is 6.92 Å². The number of carbonyl (C=O) groups is 2. The largest absolute Gasteiger partial charge is 0.477 e. The lowest BCUT2D eigenvalue weighted by Crippen LogP contribution is -2.19. The van der Waals surface area contributed by atoms with Gasteiger partial charge in [-0.2, -0.15) is 4.37 Å². The van der Waals surface area contributed by atoms with Crippen LogP contribution in [0, 0.1) is 6.92 Å². The Morgan fingerprint density at radius 2 is 2.11 bits per heavy atom. The Balaban J connectivity index is 1.97. The fraction of sp³-hybridized carbons (Fsp3) is 0.100. The molecule has 2 aromatic rings. The molecule has 19 heavy (non-hydrogen) atoms. The summed E-state index contributed by atoms with van der Waals surface area (Å²) in [7, 11) is 0. The number of hydrogen-bond donors (Lipinski definition) is 3. The van der Waals surface area contributed by atoms with Crippen LogP contribution in [0.2, 0.25) is 0 Å². The molecule has 0 aromatic carbocycles. The fourth-order valence-corrected chi connectivity index (χ4v) is 1.77. The Labute approximate surface area is 111 Å². The number of pyridine rings is 1. The first-order chi connectivity index (χ1) is 9.04. The fourth-order valence-electron chi connectivity index (χ4n) is 1.20. The maximum atomic E-state index is 11.6. The number of nitrogens with zero attached hydrogens (tertiary/aromatic N) is 3. The van der Waals surface area contributed by atoms with Crippen LogP contribution < -0.4 is 10.6 Å². The molecule has 0 atom stereocenters. The molecule has 0 aliphatic carbocycles. The minimum atomic E-state index is -1.12. The third-order valence-electron chi connectivity index (χ3n) is 1.99. The van der Waals surface area contributed by atoms with E-state index in [2.05, 4.69) is 25.0 Å². The number of anilines is 2. The van der Waals surface area contributed by atoms with Crippen molar-refractivity contribution in [2.75, 3.05) is 10.6 Å². The van der Waals surface area contributed by atoms with E-state index >= 15 is 0 Å². The van der Waals surface area contributed by atoms with Crippen LogP contribution in [0.15, 0.2) is 18.3 Å². The van der Waals surface area contributed by atoms with Gasteiger partial charge in [-0.1, -0.05) is 0 Å². The smallest absolute Gasteiger partial charge is 0.354 e. The van der Waals surface area contributed by atoms with Crippen LogP contribution in [-0.2, 0) is 0 Å². The van der Waals surface area contributed by atoms with Gasteiger partial charge in [-0.3, -0.25) is 5.32 Å². The van der Waals surface area contributed by atoms with Crippen LogP contribution in [0.25, 0.3) is 0 Å². The van der Waals surface area contributed by atoms with E-state index in [-0.39, 0.29) is 5.69 Å². The predicted octanol–water partition coefficient (Wildman–Crippen LogP) is 1.58. The number of nitrogens with one attached hydrogen (secondary N) is 2. The molecule has 2 amide bonds. The standard InChI is InChI=1S/C10H9N5O3S/c1-5-12-10(19-15-5)14-9(18)13-6-2-3-7(8(16)17)11-4-6/h2-4H,1H3,(H,16,17)(H2,12,13,14,15,18). The maximum Gasteiger partial charge on any atom is 0.354 e. The highest BCUT2D eigenvalue weighted by molar-refractivity contribution is 7.09. The molecule has 0 unspecified atom stereocenters. The molecule has 98 valence electrons. The Hall–Kier alpha value is -2.55. The number of aryl methyl sites for hydroxylation is 1. The summed E-state index contributed by atoms with van der Waals surface area (Å²) in [5.74, 6) is -0.548. The molecule has 0 spiro atoms. The second-order valence-corrected chi connectivity index (χ2v) is 4.21. The molecule has 0 aliphatic heterocycles. The van der Waals surface area contributed by atoms with Crippen LogP contribution in [0.1, 0.15) is 16.3 Å². The Bertz CT molecular complexity index is 610. The summed E-state index contributed by atoms with van der Waals surface area (Å²) < 4.78 is 3.92. The summed E-state index contributed by atoms with van der Waals surface area (Å²) in [6.07, 6.45) is 1.26. The monoisotopic (exact) mass is 279 g/mol. The van der Waals surface area contributed by atoms with Gasteiger partial charge in [-0.25, -0.2) is 19.6 Å². The van der Waals surface area contributed by atoms with E-state index in [9.17, 15) is 9.59 Å². The normalized spacial score (nSPS) is 9.95. The van der Waals surface area contributed by atoms with Gasteiger partial charge in [0, 0.05) is 11.5 Å². The first-order valence-corrected chi connectivity index (χ1v) is 5.89. The number of carbonyl (C=O) groups excluding carboxylic acids is 1. The van der Waals surface area contributed by atoms with E-state index in [0.717, 1.165) is 11.5 Å². The van der Waals surface area contributed by atoms with Gasteiger partial charge in [0.1, 0.15) is 11.5 Å². The summed E-state index contributed by atoms with van der Waals surface area (Å²) in [5, 5.41) is 14.1. The van der Waals surface area contributed by atoms with E-state index in [1.807, 2.05) is 0 Å². The Morgan fingerprint density at radius 1 is 1.32 bits per heavy atom. The maximum absolute atomic E-state index is 11.6. The van der Waals surface area contributed by atoms with E-state index in [1.165, 1.54) is 18.3 Å². The molecule has 8 nitrogen and oxygen atoms in total. The van der Waals surface area contributed by atoms with E-state index < -0.39 is 12.0 Å². The van der Waals surface area contributed by atoms with Gasteiger partial charge in [0.25, 0.3) is 0 Å². The average Bonchev–Trinajstić information content (AvgIpc) is 2.75. The van der Waals surface area contributed by atoms with Crippen molar-refractivity contribution >= 4 is 34.4 Å². The number of carboxylic acids is 1. The van der Waals surface area contributed by atoms with Gasteiger partial charge in [-0.15, -0.1) is 0 Å². The molecule has 0 aliphatic rings.